The van der Waals surface area contributed by atoms with Gasteiger partial charge in [-0.25, -0.2) is 0 Å². The maximum atomic E-state index is 12.0. The Morgan fingerprint density at radius 1 is 1.64 bits per heavy atom. The largest absolute Gasteiger partial charge is 0.351 e. The summed E-state index contributed by atoms with van der Waals surface area (Å²) in [5.41, 5.74) is 0. The molecule has 0 aliphatic carbocycles. The highest BCUT2D eigenvalue weighted by atomic mass is 32.2. The second-order valence-corrected chi connectivity index (χ2v) is 5.94. The average Bonchev–Trinajstić information content (AvgIpc) is 2.76. The minimum absolute atomic E-state index is 0.150. The fourth-order valence-electron chi connectivity index (χ4n) is 2.07. The van der Waals surface area contributed by atoms with Crippen molar-refractivity contribution in [3.05, 3.63) is 0 Å². The molecule has 2 saturated heterocycles. The van der Waals surface area contributed by atoms with Gasteiger partial charge < -0.3 is 10.6 Å². The number of nitrogens with one attached hydrogen (secondary N) is 2. The minimum Gasteiger partial charge on any atom is -0.351 e. The summed E-state index contributed by atoms with van der Waals surface area (Å²) in [7, 11) is 0. The Labute approximate surface area is 89.4 Å². The molecule has 0 aromatic carbocycles. The molecule has 1 unspecified atom stereocenters. The van der Waals surface area contributed by atoms with E-state index in [1.165, 1.54) is 6.42 Å². The van der Waals surface area contributed by atoms with Crippen molar-refractivity contribution in [1.29, 1.82) is 0 Å². The van der Waals surface area contributed by atoms with Crippen molar-refractivity contribution >= 4 is 17.7 Å². The van der Waals surface area contributed by atoms with Crippen LogP contribution in [-0.2, 0) is 4.79 Å². The molecule has 2 rings (SSSR count). The summed E-state index contributed by atoms with van der Waals surface area (Å²) in [6, 6.07) is 0.362. The number of carbonyl (C=O) groups is 1. The molecule has 0 aromatic rings. The number of carbonyl (C=O) groups excluding carboxylic acids is 1. The predicted octanol–water partition coefficient (Wildman–Crippen LogP) is 0.750. The lowest BCUT2D eigenvalue weighted by Gasteiger charge is -2.23. The molecule has 14 heavy (non-hydrogen) atoms. The smallest absolute Gasteiger partial charge is 0.236 e. The van der Waals surface area contributed by atoms with Crippen molar-refractivity contribution in [2.24, 2.45) is 0 Å². The highest BCUT2D eigenvalue weighted by molar-refractivity contribution is 8.01. The van der Waals surface area contributed by atoms with E-state index >= 15 is 0 Å². The van der Waals surface area contributed by atoms with E-state index in [0.717, 1.165) is 31.7 Å². The first-order valence-corrected chi connectivity index (χ1v) is 6.35. The van der Waals surface area contributed by atoms with Crippen molar-refractivity contribution in [2.75, 3.05) is 18.8 Å². The zero-order valence-electron chi connectivity index (χ0n) is 8.64. The zero-order chi connectivity index (χ0) is 10.0. The topological polar surface area (TPSA) is 41.1 Å². The highest BCUT2D eigenvalue weighted by Gasteiger charge is 2.38. The van der Waals surface area contributed by atoms with Crippen LogP contribution in [0, 0.1) is 0 Å². The third-order valence-corrected chi connectivity index (χ3v) is 4.61. The number of hydrogen-bond acceptors (Lipinski definition) is 3. The molecule has 0 aromatic heterocycles. The van der Waals surface area contributed by atoms with Crippen molar-refractivity contribution in [2.45, 2.75) is 37.0 Å². The molecule has 2 fully saturated rings. The number of hydrogen-bond donors (Lipinski definition) is 2. The summed E-state index contributed by atoms with van der Waals surface area (Å²) in [5.74, 6) is 1.38. The minimum atomic E-state index is -0.150. The first-order valence-electron chi connectivity index (χ1n) is 5.36. The molecule has 2 heterocycles. The predicted molar refractivity (Wildman–Crippen MR) is 59.5 cm³/mol. The Balaban J connectivity index is 1.87. The van der Waals surface area contributed by atoms with E-state index in [1.54, 1.807) is 11.8 Å². The lowest BCUT2D eigenvalue weighted by Crippen LogP contribution is -2.46. The number of thioether (sulfide) groups is 1. The van der Waals surface area contributed by atoms with Gasteiger partial charge in [-0.15, -0.1) is 11.8 Å². The van der Waals surface area contributed by atoms with Gasteiger partial charge in [-0.3, -0.25) is 4.79 Å². The first-order chi connectivity index (χ1) is 6.71. The van der Waals surface area contributed by atoms with E-state index in [0.29, 0.717) is 6.04 Å². The maximum absolute atomic E-state index is 12.0. The van der Waals surface area contributed by atoms with Gasteiger partial charge in [-0.2, -0.15) is 0 Å². The summed E-state index contributed by atoms with van der Waals surface area (Å²) < 4.78 is -0.150. The quantitative estimate of drug-likeness (QED) is 0.713. The molecule has 0 bridgehead atoms. The number of amides is 1. The van der Waals surface area contributed by atoms with Gasteiger partial charge in [0.25, 0.3) is 0 Å². The Morgan fingerprint density at radius 3 is 3.07 bits per heavy atom. The van der Waals surface area contributed by atoms with Crippen molar-refractivity contribution in [3.63, 3.8) is 0 Å². The normalized spacial score (nSPS) is 37.4. The molecule has 2 aliphatic heterocycles. The van der Waals surface area contributed by atoms with Crippen LogP contribution in [0.3, 0.4) is 0 Å². The third kappa shape index (κ3) is 2.06. The van der Waals surface area contributed by atoms with Crippen LogP contribution < -0.4 is 10.6 Å². The van der Waals surface area contributed by atoms with Crippen LogP contribution in [0.4, 0.5) is 0 Å². The van der Waals surface area contributed by atoms with Crippen LogP contribution in [0.2, 0.25) is 0 Å². The second-order valence-electron chi connectivity index (χ2n) is 4.35. The number of rotatable bonds is 2. The Morgan fingerprint density at radius 2 is 2.50 bits per heavy atom. The molecule has 0 spiro atoms. The lowest BCUT2D eigenvalue weighted by molar-refractivity contribution is -0.123. The SMILES string of the molecule is CC1(C(=O)N[C@H]2CCNC2)CCCS1. The van der Waals surface area contributed by atoms with Crippen molar-refractivity contribution in [1.82, 2.24) is 10.6 Å². The summed E-state index contributed by atoms with van der Waals surface area (Å²) in [5, 5.41) is 6.40. The van der Waals surface area contributed by atoms with E-state index in [2.05, 4.69) is 17.6 Å². The van der Waals surface area contributed by atoms with Gasteiger partial charge in [-0.05, 0) is 38.5 Å². The molecule has 0 saturated carbocycles. The molecule has 1 amide bonds. The van der Waals surface area contributed by atoms with E-state index in [9.17, 15) is 4.79 Å². The summed E-state index contributed by atoms with van der Waals surface area (Å²) in [6.07, 6.45) is 3.29. The molecule has 4 heteroatoms. The Kier molecular flexibility index (Phi) is 3.02. The Bertz CT molecular complexity index is 220. The maximum Gasteiger partial charge on any atom is 0.236 e. The van der Waals surface area contributed by atoms with Gasteiger partial charge in [0, 0.05) is 12.6 Å². The van der Waals surface area contributed by atoms with Crippen LogP contribution >= 0.6 is 11.8 Å². The van der Waals surface area contributed by atoms with Gasteiger partial charge in [-0.1, -0.05) is 0 Å². The van der Waals surface area contributed by atoms with E-state index in [4.69, 9.17) is 0 Å². The average molecular weight is 214 g/mol. The van der Waals surface area contributed by atoms with Crippen LogP contribution in [-0.4, -0.2) is 35.5 Å². The molecule has 0 radical (unpaired) electrons. The standard InChI is InChI=1S/C10H18N2OS/c1-10(4-2-6-14-10)9(13)12-8-3-5-11-7-8/h8,11H,2-7H2,1H3,(H,12,13)/t8-,10?/m0/s1. The third-order valence-electron chi connectivity index (χ3n) is 3.09. The van der Waals surface area contributed by atoms with Gasteiger partial charge in [0.2, 0.25) is 5.91 Å². The molecule has 2 aliphatic rings. The van der Waals surface area contributed by atoms with E-state index in [-0.39, 0.29) is 10.7 Å². The van der Waals surface area contributed by atoms with Crippen LogP contribution in [0.15, 0.2) is 0 Å². The summed E-state index contributed by atoms with van der Waals surface area (Å²) >= 11 is 1.80. The molecule has 2 N–H and O–H groups in total. The summed E-state index contributed by atoms with van der Waals surface area (Å²) in [6.45, 7) is 4.05. The van der Waals surface area contributed by atoms with Crippen LogP contribution in [0.5, 0.6) is 0 Å². The second kappa shape index (κ2) is 4.11. The van der Waals surface area contributed by atoms with Gasteiger partial charge in [0.15, 0.2) is 0 Å². The molecule has 2 atom stereocenters. The van der Waals surface area contributed by atoms with Gasteiger partial charge in [0.05, 0.1) is 4.75 Å². The fraction of sp³-hybridized carbons (Fsp3) is 0.900. The molecular formula is C10H18N2OS. The van der Waals surface area contributed by atoms with Crippen molar-refractivity contribution < 1.29 is 4.79 Å². The molecule has 3 nitrogen and oxygen atoms in total. The van der Waals surface area contributed by atoms with Gasteiger partial charge >= 0.3 is 0 Å². The van der Waals surface area contributed by atoms with Crippen molar-refractivity contribution in [3.8, 4) is 0 Å². The van der Waals surface area contributed by atoms with E-state index < -0.39 is 0 Å². The van der Waals surface area contributed by atoms with Crippen LogP contribution in [0.1, 0.15) is 26.2 Å². The van der Waals surface area contributed by atoms with E-state index in [1.807, 2.05) is 0 Å². The Hall–Kier alpha value is -0.220. The lowest BCUT2D eigenvalue weighted by atomic mass is 10.0. The van der Waals surface area contributed by atoms with Crippen LogP contribution in [0.25, 0.3) is 0 Å². The highest BCUT2D eigenvalue weighted by Crippen LogP contribution is 2.37. The summed E-state index contributed by atoms with van der Waals surface area (Å²) in [4.78, 5) is 12.0. The molecular weight excluding hydrogens is 196 g/mol. The van der Waals surface area contributed by atoms with Gasteiger partial charge in [0.1, 0.15) is 0 Å². The monoisotopic (exact) mass is 214 g/mol. The first kappa shape index (κ1) is 10.3. The molecule has 80 valence electrons. The zero-order valence-corrected chi connectivity index (χ0v) is 9.45. The fourth-order valence-corrected chi connectivity index (χ4v) is 3.29.